The van der Waals surface area contributed by atoms with Crippen LogP contribution in [0.2, 0.25) is 0 Å². The molecule has 2 heterocycles. The van der Waals surface area contributed by atoms with Gasteiger partial charge in [0.2, 0.25) is 0 Å². The van der Waals surface area contributed by atoms with E-state index in [2.05, 4.69) is 15.3 Å². The molecule has 0 unspecified atom stereocenters. The Labute approximate surface area is 177 Å². The fraction of sp³-hybridized carbons (Fsp3) is 0.238. The Morgan fingerprint density at radius 3 is 2.80 bits per heavy atom. The van der Waals surface area contributed by atoms with Gasteiger partial charge >= 0.3 is 5.97 Å². The summed E-state index contributed by atoms with van der Waals surface area (Å²) in [5.41, 5.74) is 3.45. The Balaban J connectivity index is 1.48. The van der Waals surface area contributed by atoms with Crippen LogP contribution < -0.4 is 9.47 Å². The first-order valence-electron chi connectivity index (χ1n) is 9.30. The number of esters is 1. The molecule has 0 N–H and O–H groups in total. The van der Waals surface area contributed by atoms with Crippen molar-refractivity contribution in [1.29, 1.82) is 0 Å². The van der Waals surface area contributed by atoms with Crippen LogP contribution in [0.4, 0.5) is 0 Å². The minimum absolute atomic E-state index is 0.0707. The highest BCUT2D eigenvalue weighted by Crippen LogP contribution is 2.39. The van der Waals surface area contributed by atoms with Crippen molar-refractivity contribution in [2.45, 2.75) is 20.1 Å². The van der Waals surface area contributed by atoms with Crippen molar-refractivity contribution < 1.29 is 19.0 Å². The monoisotopic (exact) mass is 424 g/mol. The van der Waals surface area contributed by atoms with E-state index >= 15 is 0 Å². The molecule has 0 amide bonds. The number of benzene rings is 2. The van der Waals surface area contributed by atoms with E-state index < -0.39 is 5.97 Å². The largest absolute Gasteiger partial charge is 0.493 e. The van der Waals surface area contributed by atoms with E-state index in [0.29, 0.717) is 34.8 Å². The zero-order valence-corrected chi connectivity index (χ0v) is 17.6. The molecule has 0 aliphatic carbocycles. The predicted molar refractivity (Wildman–Crippen MR) is 113 cm³/mol. The van der Waals surface area contributed by atoms with E-state index in [9.17, 15) is 4.79 Å². The van der Waals surface area contributed by atoms with Gasteiger partial charge in [0.1, 0.15) is 17.1 Å². The van der Waals surface area contributed by atoms with Crippen molar-refractivity contribution >= 4 is 28.3 Å². The number of nitrogens with zero attached hydrogens (tertiary/aromatic N) is 4. The molecule has 0 aliphatic heterocycles. The van der Waals surface area contributed by atoms with Crippen LogP contribution in [0.15, 0.2) is 41.8 Å². The lowest BCUT2D eigenvalue weighted by Crippen LogP contribution is -2.05. The number of thiazole rings is 1. The number of aromatic nitrogens is 4. The van der Waals surface area contributed by atoms with Gasteiger partial charge in [0.05, 0.1) is 36.6 Å². The number of hydrogen-bond donors (Lipinski definition) is 0. The molecule has 0 spiro atoms. The normalized spacial score (nSPS) is 10.9. The van der Waals surface area contributed by atoms with Crippen molar-refractivity contribution in [2.75, 3.05) is 14.2 Å². The quantitative estimate of drug-likeness (QED) is 0.415. The van der Waals surface area contributed by atoms with Crippen LogP contribution in [0.3, 0.4) is 0 Å². The fourth-order valence-electron chi connectivity index (χ4n) is 3.11. The third-order valence-corrected chi connectivity index (χ3v) is 5.51. The number of rotatable bonds is 7. The van der Waals surface area contributed by atoms with Crippen molar-refractivity contribution in [3.63, 3.8) is 0 Å². The average Bonchev–Trinajstić information content (AvgIpc) is 3.43. The van der Waals surface area contributed by atoms with Gasteiger partial charge in [-0.25, -0.2) is 14.5 Å². The number of hydrogen-bond acceptors (Lipinski definition) is 8. The third-order valence-electron chi connectivity index (χ3n) is 4.59. The number of methoxy groups -OCH3 is 2. The number of carbonyl (C=O) groups excluding carboxylic acids is 1. The molecule has 0 atom stereocenters. The van der Waals surface area contributed by atoms with Crippen molar-refractivity contribution in [3.8, 4) is 22.1 Å². The molecule has 0 bridgehead atoms. The zero-order valence-electron chi connectivity index (χ0n) is 16.8. The van der Waals surface area contributed by atoms with Crippen molar-refractivity contribution in [1.82, 2.24) is 20.0 Å². The molecule has 8 nitrogen and oxygen atoms in total. The van der Waals surface area contributed by atoms with E-state index in [1.807, 2.05) is 36.6 Å². The van der Waals surface area contributed by atoms with Gasteiger partial charge in [-0.3, -0.25) is 0 Å². The predicted octanol–water partition coefficient (Wildman–Crippen LogP) is 3.95. The first-order valence-corrected chi connectivity index (χ1v) is 10.2. The van der Waals surface area contributed by atoms with Gasteiger partial charge in [0, 0.05) is 11.9 Å². The fourth-order valence-corrected chi connectivity index (χ4v) is 3.93. The molecule has 4 rings (SSSR count). The SMILES string of the molecule is CCn1nnc2cc(C(=O)OCc3csc(-c4cccc(OC)c4OC)n3)ccc21. The van der Waals surface area contributed by atoms with Crippen LogP contribution in [0, 0.1) is 0 Å². The van der Waals surface area contributed by atoms with E-state index in [0.717, 1.165) is 16.1 Å². The maximum absolute atomic E-state index is 12.5. The van der Waals surface area contributed by atoms with E-state index in [-0.39, 0.29) is 6.61 Å². The summed E-state index contributed by atoms with van der Waals surface area (Å²) in [6.45, 7) is 2.77. The molecule has 9 heteroatoms. The standard InChI is InChI=1S/C21H20N4O4S/c1-4-25-17-9-8-13(10-16(17)23-24-25)21(26)29-11-14-12-30-20(22-14)15-6-5-7-18(27-2)19(15)28-3/h5-10,12H,4,11H2,1-3H3. The van der Waals surface area contributed by atoms with Gasteiger partial charge in [0.25, 0.3) is 0 Å². The van der Waals surface area contributed by atoms with Crippen molar-refractivity contribution in [3.05, 3.63) is 53.0 Å². The van der Waals surface area contributed by atoms with E-state index in [1.165, 1.54) is 11.3 Å². The maximum Gasteiger partial charge on any atom is 0.338 e. The smallest absolute Gasteiger partial charge is 0.338 e. The summed E-state index contributed by atoms with van der Waals surface area (Å²) >= 11 is 1.45. The highest BCUT2D eigenvalue weighted by molar-refractivity contribution is 7.13. The number of fused-ring (bicyclic) bond motifs is 1. The zero-order chi connectivity index (χ0) is 21.1. The first kappa shape index (κ1) is 19.8. The van der Waals surface area contributed by atoms with Crippen LogP contribution in [-0.2, 0) is 17.9 Å². The number of carbonyl (C=O) groups is 1. The van der Waals surface area contributed by atoms with Crippen LogP contribution in [0.25, 0.3) is 21.6 Å². The number of ether oxygens (including phenoxy) is 3. The molecule has 2 aromatic heterocycles. The van der Waals surface area contributed by atoms with Gasteiger partial charge in [-0.1, -0.05) is 11.3 Å². The first-order chi connectivity index (χ1) is 14.6. The average molecular weight is 424 g/mol. The Bertz CT molecular complexity index is 1200. The van der Waals surface area contributed by atoms with E-state index in [1.54, 1.807) is 31.0 Å². The summed E-state index contributed by atoms with van der Waals surface area (Å²) in [7, 11) is 3.18. The van der Waals surface area contributed by atoms with Gasteiger partial charge in [-0.15, -0.1) is 16.4 Å². The summed E-state index contributed by atoms with van der Waals surface area (Å²) in [5, 5.41) is 10.8. The molecule has 2 aromatic carbocycles. The van der Waals surface area contributed by atoms with Gasteiger partial charge in [-0.2, -0.15) is 0 Å². The molecule has 154 valence electrons. The molecule has 0 radical (unpaired) electrons. The van der Waals surface area contributed by atoms with Crippen LogP contribution in [0.5, 0.6) is 11.5 Å². The second kappa shape index (κ2) is 8.50. The van der Waals surface area contributed by atoms with Crippen LogP contribution in [0.1, 0.15) is 23.0 Å². The topological polar surface area (TPSA) is 88.4 Å². The van der Waals surface area contributed by atoms with Crippen LogP contribution >= 0.6 is 11.3 Å². The maximum atomic E-state index is 12.5. The second-order valence-electron chi connectivity index (χ2n) is 6.37. The second-order valence-corrected chi connectivity index (χ2v) is 7.23. The molecule has 0 fully saturated rings. The summed E-state index contributed by atoms with van der Waals surface area (Å²) in [6, 6.07) is 10.8. The Kier molecular flexibility index (Phi) is 5.62. The number of aryl methyl sites for hydroxylation is 1. The lowest BCUT2D eigenvalue weighted by molar-refractivity contribution is 0.0468. The Morgan fingerprint density at radius 2 is 2.03 bits per heavy atom. The van der Waals surface area contributed by atoms with Gasteiger partial charge in [0.15, 0.2) is 11.5 Å². The summed E-state index contributed by atoms with van der Waals surface area (Å²) in [5.74, 6) is 0.816. The van der Waals surface area contributed by atoms with Crippen LogP contribution in [-0.4, -0.2) is 40.2 Å². The third kappa shape index (κ3) is 3.71. The van der Waals surface area contributed by atoms with Gasteiger partial charge < -0.3 is 14.2 Å². The lowest BCUT2D eigenvalue weighted by Gasteiger charge is -2.10. The minimum Gasteiger partial charge on any atom is -0.493 e. The highest BCUT2D eigenvalue weighted by Gasteiger charge is 2.16. The Morgan fingerprint density at radius 1 is 1.17 bits per heavy atom. The molecular formula is C21H20N4O4S. The minimum atomic E-state index is -0.434. The molecule has 0 saturated heterocycles. The van der Waals surface area contributed by atoms with Crippen molar-refractivity contribution in [2.24, 2.45) is 0 Å². The molecular weight excluding hydrogens is 404 g/mol. The number of para-hydroxylation sites is 1. The summed E-state index contributed by atoms with van der Waals surface area (Å²) in [6.07, 6.45) is 0. The van der Waals surface area contributed by atoms with Gasteiger partial charge in [-0.05, 0) is 37.3 Å². The molecule has 30 heavy (non-hydrogen) atoms. The molecule has 0 aliphatic rings. The summed E-state index contributed by atoms with van der Waals surface area (Å²) in [4.78, 5) is 17.0. The highest BCUT2D eigenvalue weighted by atomic mass is 32.1. The summed E-state index contributed by atoms with van der Waals surface area (Å²) < 4.78 is 18.0. The van der Waals surface area contributed by atoms with E-state index in [4.69, 9.17) is 14.2 Å². The molecule has 4 aromatic rings. The lowest BCUT2D eigenvalue weighted by atomic mass is 10.2. The molecule has 0 saturated carbocycles. The Hall–Kier alpha value is -3.46.